The molecule has 0 aromatic carbocycles. The average Bonchev–Trinajstić information content (AvgIpc) is 2.70. The van der Waals surface area contributed by atoms with E-state index in [0.29, 0.717) is 0 Å². The lowest BCUT2D eigenvalue weighted by Gasteiger charge is -2.14. The first kappa shape index (κ1) is 25.3. The summed E-state index contributed by atoms with van der Waals surface area (Å²) in [7, 11) is 0. The number of ether oxygens (including phenoxy) is 1. The lowest BCUT2D eigenvalue weighted by atomic mass is 10.2. The van der Waals surface area contributed by atoms with Gasteiger partial charge in [-0.2, -0.15) is 26.3 Å². The number of carbonyl (C=O) groups is 2. The number of aromatic nitrogens is 2. The van der Waals surface area contributed by atoms with Crippen molar-refractivity contribution in [1.82, 2.24) is 9.97 Å². The van der Waals surface area contributed by atoms with Crippen molar-refractivity contribution in [1.29, 1.82) is 0 Å². The van der Waals surface area contributed by atoms with Gasteiger partial charge >= 0.3 is 24.2 Å². The number of hydrogen-bond donors (Lipinski definition) is 2. The lowest BCUT2D eigenvalue weighted by Crippen LogP contribution is -2.30. The van der Waals surface area contributed by atoms with Gasteiger partial charge in [0.1, 0.15) is 29.6 Å². The molecule has 0 fully saturated rings. The molecule has 0 radical (unpaired) electrons. The molecule has 0 bridgehead atoms. The minimum atomic E-state index is -5.34. The number of carbonyl (C=O) groups excluding carboxylic acids is 2. The van der Waals surface area contributed by atoms with Gasteiger partial charge in [0.25, 0.3) is 6.43 Å². The Balaban J connectivity index is 2.40. The van der Waals surface area contributed by atoms with E-state index < -0.39 is 60.1 Å². The Kier molecular flexibility index (Phi) is 7.75. The number of alkyl halides is 8. The van der Waals surface area contributed by atoms with Gasteiger partial charge in [0.2, 0.25) is 0 Å². The first-order valence-electron chi connectivity index (χ1n) is 8.41. The van der Waals surface area contributed by atoms with Crippen LogP contribution in [0.5, 0.6) is 5.75 Å². The number of nitrogens with zero attached hydrogens (tertiary/aromatic N) is 2. The third-order valence-corrected chi connectivity index (χ3v) is 3.36. The predicted octanol–water partition coefficient (Wildman–Crippen LogP) is 3.52. The summed E-state index contributed by atoms with van der Waals surface area (Å²) in [4.78, 5) is 29.5. The van der Waals surface area contributed by atoms with Crippen LogP contribution in [-0.4, -0.2) is 47.2 Å². The van der Waals surface area contributed by atoms with Crippen molar-refractivity contribution in [3.63, 3.8) is 0 Å². The van der Waals surface area contributed by atoms with Crippen molar-refractivity contribution < 1.29 is 49.4 Å². The molecule has 0 unspecified atom stereocenters. The number of hydrogen-bond acceptors (Lipinski definition) is 5. The van der Waals surface area contributed by atoms with Gasteiger partial charge in [-0.25, -0.2) is 18.7 Å². The summed E-state index contributed by atoms with van der Waals surface area (Å²) < 4.78 is 105. The third kappa shape index (κ3) is 7.59. The van der Waals surface area contributed by atoms with Crippen LogP contribution < -0.4 is 15.4 Å². The smallest absolute Gasteiger partial charge is 0.471 e. The van der Waals surface area contributed by atoms with Crippen LogP contribution in [-0.2, 0) is 9.59 Å². The quantitative estimate of drug-likeness (QED) is 0.503. The van der Waals surface area contributed by atoms with E-state index in [1.54, 1.807) is 0 Å². The molecule has 0 aliphatic heterocycles. The van der Waals surface area contributed by atoms with Crippen LogP contribution in [0.4, 0.5) is 46.6 Å². The van der Waals surface area contributed by atoms with Gasteiger partial charge in [-0.05, 0) is 18.1 Å². The zero-order valence-electron chi connectivity index (χ0n) is 15.8. The molecule has 15 heteroatoms. The van der Waals surface area contributed by atoms with Crippen molar-refractivity contribution >= 4 is 23.3 Å². The summed E-state index contributed by atoms with van der Waals surface area (Å²) >= 11 is 0. The average molecular weight is 482 g/mol. The molecule has 2 rings (SSSR count). The Morgan fingerprint density at radius 1 is 0.939 bits per heavy atom. The Morgan fingerprint density at radius 2 is 1.55 bits per heavy atom. The fourth-order valence-electron chi connectivity index (χ4n) is 2.01. The molecule has 0 saturated carbocycles. The Hall–Kier alpha value is -3.96. The molecule has 7 nitrogen and oxygen atoms in total. The molecule has 176 valence electrons. The number of anilines is 2. The first-order valence-corrected chi connectivity index (χ1v) is 8.41. The molecule has 2 amide bonds. The fourth-order valence-corrected chi connectivity index (χ4v) is 2.01. The zero-order chi connectivity index (χ0) is 24.8. The van der Waals surface area contributed by atoms with Gasteiger partial charge in [-0.3, -0.25) is 9.59 Å². The van der Waals surface area contributed by atoms with Crippen LogP contribution in [0.3, 0.4) is 0 Å². The standard InChI is InChI=1S/C18H10F8N4O3/c19-12(20)8-33-11-4-6-27-10(14(11)30-16(32)18(24,25)26)2-1-9-3-5-28-13(7-9)29-15(31)17(21,22)23/h3-7,12H,8H2,(H,30,32)(H,28,29,31). The van der Waals surface area contributed by atoms with Crippen molar-refractivity contribution in [3.05, 3.63) is 41.9 Å². The maximum atomic E-state index is 12.6. The number of nitrogens with one attached hydrogen (secondary N) is 2. The van der Waals surface area contributed by atoms with E-state index in [2.05, 4.69) is 21.8 Å². The number of amides is 2. The Morgan fingerprint density at radius 3 is 2.15 bits per heavy atom. The van der Waals surface area contributed by atoms with Gasteiger partial charge in [0.15, 0.2) is 0 Å². The van der Waals surface area contributed by atoms with E-state index in [1.165, 1.54) is 16.7 Å². The maximum Gasteiger partial charge on any atom is 0.471 e. The highest BCUT2D eigenvalue weighted by Gasteiger charge is 2.40. The second kappa shape index (κ2) is 10.1. The maximum absolute atomic E-state index is 12.6. The second-order valence-electron chi connectivity index (χ2n) is 5.82. The highest BCUT2D eigenvalue weighted by atomic mass is 19.4. The van der Waals surface area contributed by atoms with Crippen molar-refractivity contribution in [2.24, 2.45) is 0 Å². The lowest BCUT2D eigenvalue weighted by molar-refractivity contribution is -0.167. The third-order valence-electron chi connectivity index (χ3n) is 3.36. The largest absolute Gasteiger partial charge is 0.485 e. The van der Waals surface area contributed by atoms with E-state index in [1.807, 2.05) is 0 Å². The summed E-state index contributed by atoms with van der Waals surface area (Å²) in [5, 5.41) is 2.92. The van der Waals surface area contributed by atoms with Crippen LogP contribution in [0.25, 0.3) is 0 Å². The van der Waals surface area contributed by atoms with Gasteiger partial charge in [-0.15, -0.1) is 0 Å². The molecule has 0 aliphatic rings. The zero-order valence-corrected chi connectivity index (χ0v) is 15.8. The highest BCUT2D eigenvalue weighted by molar-refractivity contribution is 5.97. The SMILES string of the molecule is O=C(Nc1cc(C#Cc2nccc(OCC(F)F)c2NC(=O)C(F)(F)F)ccn1)C(F)(F)F. The Labute approximate surface area is 179 Å². The number of halogens is 8. The second-order valence-corrected chi connectivity index (χ2v) is 5.82. The van der Waals surface area contributed by atoms with Crippen LogP contribution in [0, 0.1) is 11.8 Å². The van der Waals surface area contributed by atoms with Crippen LogP contribution >= 0.6 is 0 Å². The van der Waals surface area contributed by atoms with E-state index >= 15 is 0 Å². The normalized spacial score (nSPS) is 11.4. The summed E-state index contributed by atoms with van der Waals surface area (Å²) in [5.74, 6) is -1.29. The summed E-state index contributed by atoms with van der Waals surface area (Å²) in [6.07, 6.45) is -11.6. The van der Waals surface area contributed by atoms with Gasteiger partial charge < -0.3 is 15.4 Å². The molecule has 0 saturated heterocycles. The molecule has 2 N–H and O–H groups in total. The first-order chi connectivity index (χ1) is 15.3. The van der Waals surface area contributed by atoms with E-state index in [9.17, 15) is 44.7 Å². The monoisotopic (exact) mass is 482 g/mol. The highest BCUT2D eigenvalue weighted by Crippen LogP contribution is 2.29. The molecule has 0 atom stereocenters. The van der Waals surface area contributed by atoms with E-state index in [-0.39, 0.29) is 5.56 Å². The molecule has 2 aromatic rings. The van der Waals surface area contributed by atoms with Crippen molar-refractivity contribution in [3.8, 4) is 17.6 Å². The Bertz CT molecular complexity index is 1090. The predicted molar refractivity (Wildman–Crippen MR) is 95.3 cm³/mol. The molecule has 0 aliphatic carbocycles. The molecule has 2 heterocycles. The summed E-state index contributed by atoms with van der Waals surface area (Å²) in [5.41, 5.74) is -1.35. The van der Waals surface area contributed by atoms with Crippen molar-refractivity contribution in [2.45, 2.75) is 18.8 Å². The van der Waals surface area contributed by atoms with E-state index in [4.69, 9.17) is 4.74 Å². The van der Waals surface area contributed by atoms with E-state index in [0.717, 1.165) is 24.5 Å². The minimum absolute atomic E-state index is 0.0590. The molecular weight excluding hydrogens is 472 g/mol. The fraction of sp³-hybridized carbons (Fsp3) is 0.222. The minimum Gasteiger partial charge on any atom is -0.485 e. The summed E-state index contributed by atoms with van der Waals surface area (Å²) in [6, 6.07) is 3.01. The topological polar surface area (TPSA) is 93.2 Å². The number of rotatable bonds is 5. The molecular formula is C18H10F8N4O3. The van der Waals surface area contributed by atoms with Crippen LogP contribution in [0.1, 0.15) is 11.3 Å². The van der Waals surface area contributed by atoms with Gasteiger partial charge in [-0.1, -0.05) is 5.92 Å². The van der Waals surface area contributed by atoms with Gasteiger partial charge in [0.05, 0.1) is 0 Å². The molecule has 0 spiro atoms. The van der Waals surface area contributed by atoms with Crippen LogP contribution in [0.2, 0.25) is 0 Å². The van der Waals surface area contributed by atoms with Crippen molar-refractivity contribution in [2.75, 3.05) is 17.2 Å². The molecule has 33 heavy (non-hydrogen) atoms. The van der Waals surface area contributed by atoms with Crippen LogP contribution in [0.15, 0.2) is 30.6 Å². The summed E-state index contributed by atoms with van der Waals surface area (Å²) in [6.45, 7) is -1.21. The molecule has 2 aromatic heterocycles. The number of pyridine rings is 2. The van der Waals surface area contributed by atoms with Gasteiger partial charge in [0, 0.05) is 24.0 Å².